The minimum Gasteiger partial charge on any atom is -0.368 e. The van der Waals surface area contributed by atoms with Crippen molar-refractivity contribution in [2.75, 3.05) is 38.1 Å². The molecule has 1 aliphatic rings. The molecule has 0 unspecified atom stereocenters. The molecule has 3 aromatic carbocycles. The lowest BCUT2D eigenvalue weighted by molar-refractivity contribution is -0.137. The lowest BCUT2D eigenvalue weighted by Gasteiger charge is -2.35. The molecule has 0 bridgehead atoms. The normalized spacial score (nSPS) is 14.6. The number of hydrogen-bond acceptors (Lipinski definition) is 6. The van der Waals surface area contributed by atoms with Crippen LogP contribution in [0, 0.1) is 20.8 Å². The van der Waals surface area contributed by atoms with Crippen LogP contribution in [0.25, 0.3) is 33.3 Å². The van der Waals surface area contributed by atoms with Crippen LogP contribution in [-0.2, 0) is 16.2 Å². The molecule has 1 fully saturated rings. The molecule has 0 radical (unpaired) electrons. The number of piperazine rings is 1. The van der Waals surface area contributed by atoms with Crippen molar-refractivity contribution in [2.24, 2.45) is 5.73 Å². The van der Waals surface area contributed by atoms with Crippen molar-refractivity contribution in [3.05, 3.63) is 101 Å². The van der Waals surface area contributed by atoms with Crippen molar-refractivity contribution in [3.8, 4) is 22.3 Å². The molecule has 6 rings (SSSR count). The summed E-state index contributed by atoms with van der Waals surface area (Å²) in [5.74, 6) is -0.592. The molecule has 0 aliphatic carbocycles. The number of rotatable bonds is 6. The number of aromatic nitrogens is 2. The Morgan fingerprint density at radius 1 is 0.851 bits per heavy atom. The van der Waals surface area contributed by atoms with Gasteiger partial charge in [-0.3, -0.25) is 4.79 Å². The first kappa shape index (κ1) is 32.3. The van der Waals surface area contributed by atoms with Gasteiger partial charge in [-0.2, -0.15) is 13.2 Å². The number of alkyl halides is 3. The molecule has 1 amide bonds. The van der Waals surface area contributed by atoms with Crippen LogP contribution in [0.5, 0.6) is 0 Å². The molecule has 5 aromatic rings. The highest BCUT2D eigenvalue weighted by Gasteiger charge is 2.36. The molecule has 8 nitrogen and oxygen atoms in total. The number of hydrogen-bond donors (Lipinski definition) is 1. The van der Waals surface area contributed by atoms with E-state index >= 15 is 0 Å². The summed E-state index contributed by atoms with van der Waals surface area (Å²) in [6.45, 7) is 7.68. The van der Waals surface area contributed by atoms with Gasteiger partial charge in [-0.25, -0.2) is 17.4 Å². The Labute approximate surface area is 271 Å². The number of benzene rings is 3. The van der Waals surface area contributed by atoms with Gasteiger partial charge < -0.3 is 15.5 Å². The molecule has 0 saturated carbocycles. The van der Waals surface area contributed by atoms with Gasteiger partial charge in [0.2, 0.25) is 5.91 Å². The van der Waals surface area contributed by atoms with E-state index in [-0.39, 0.29) is 16.2 Å². The van der Waals surface area contributed by atoms with Crippen molar-refractivity contribution in [3.63, 3.8) is 0 Å². The van der Waals surface area contributed by atoms with Crippen molar-refractivity contribution in [1.29, 1.82) is 0 Å². The number of pyridine rings is 1. The summed E-state index contributed by atoms with van der Waals surface area (Å²) in [7, 11) is -2.18. The van der Waals surface area contributed by atoms with Crippen LogP contribution < -0.4 is 10.6 Å². The maximum Gasteiger partial charge on any atom is 0.418 e. The van der Waals surface area contributed by atoms with Gasteiger partial charge in [-0.15, -0.1) is 0 Å². The summed E-state index contributed by atoms with van der Waals surface area (Å²) < 4.78 is 72.3. The second kappa shape index (κ2) is 11.8. The van der Waals surface area contributed by atoms with E-state index in [2.05, 4.69) is 9.88 Å². The largest absolute Gasteiger partial charge is 0.418 e. The number of fused-ring (bicyclic) bond motifs is 1. The van der Waals surface area contributed by atoms with E-state index < -0.39 is 27.7 Å². The average Bonchev–Trinajstić information content (AvgIpc) is 3.41. The zero-order valence-electron chi connectivity index (χ0n) is 26.4. The number of anilines is 1. The number of likely N-dealkylation sites (N-methyl/N-ethyl adjacent to an activating group) is 1. The average molecular weight is 662 g/mol. The summed E-state index contributed by atoms with van der Waals surface area (Å²) in [6.07, 6.45) is -1.73. The third kappa shape index (κ3) is 5.87. The van der Waals surface area contributed by atoms with E-state index in [0.29, 0.717) is 70.5 Å². The number of primary amides is 1. The van der Waals surface area contributed by atoms with Gasteiger partial charge >= 0.3 is 6.18 Å². The molecule has 2 N–H and O–H groups in total. The van der Waals surface area contributed by atoms with Crippen LogP contribution in [0.4, 0.5) is 18.9 Å². The molecule has 1 saturated heterocycles. The molecule has 12 heteroatoms. The minimum absolute atomic E-state index is 0.0590. The minimum atomic E-state index is -4.60. The first-order chi connectivity index (χ1) is 22.2. The van der Waals surface area contributed by atoms with Crippen molar-refractivity contribution in [2.45, 2.75) is 31.8 Å². The van der Waals surface area contributed by atoms with Crippen LogP contribution in [0.1, 0.15) is 32.6 Å². The van der Waals surface area contributed by atoms with E-state index in [1.165, 1.54) is 30.6 Å². The Morgan fingerprint density at radius 2 is 1.53 bits per heavy atom. The summed E-state index contributed by atoms with van der Waals surface area (Å²) in [6, 6.07) is 15.6. The summed E-state index contributed by atoms with van der Waals surface area (Å²) >= 11 is 0. The summed E-state index contributed by atoms with van der Waals surface area (Å²) in [4.78, 5) is 20.5. The van der Waals surface area contributed by atoms with E-state index in [1.54, 1.807) is 55.1 Å². The molecule has 244 valence electrons. The van der Waals surface area contributed by atoms with Crippen molar-refractivity contribution >= 4 is 32.7 Å². The Hall–Kier alpha value is -4.68. The van der Waals surface area contributed by atoms with Gasteiger partial charge in [0, 0.05) is 66.3 Å². The van der Waals surface area contributed by atoms with E-state index in [9.17, 15) is 26.4 Å². The molecule has 2 aromatic heterocycles. The van der Waals surface area contributed by atoms with Crippen LogP contribution in [0.2, 0.25) is 0 Å². The standard InChI is InChI=1S/C35H34F3N5O3S/c1-21-5-8-26(9-6-21)47(45,46)43-20-30(27-10-11-28(33(39)44)23(3)22(27)2)29-17-25(19-40-34(29)43)24-7-12-32(31(18-24)35(36,37)38)42-15-13-41(4)14-16-42/h5-12,17-20H,13-16H2,1-4H3,(H2,39,44). The second-order valence-corrected chi connectivity index (χ2v) is 13.9. The molecular weight excluding hydrogens is 627 g/mol. The Morgan fingerprint density at radius 3 is 2.17 bits per heavy atom. The second-order valence-electron chi connectivity index (χ2n) is 12.0. The Bertz CT molecular complexity index is 2130. The van der Waals surface area contributed by atoms with Gasteiger partial charge in [0.15, 0.2) is 5.65 Å². The number of nitrogens with two attached hydrogens (primary N) is 1. The first-order valence-electron chi connectivity index (χ1n) is 15.1. The zero-order valence-corrected chi connectivity index (χ0v) is 27.2. The van der Waals surface area contributed by atoms with Crippen LogP contribution >= 0.6 is 0 Å². The molecule has 3 heterocycles. The lowest BCUT2D eigenvalue weighted by atomic mass is 9.93. The quantitative estimate of drug-likeness (QED) is 0.226. The number of halogens is 3. The fraction of sp³-hybridized carbons (Fsp3) is 0.257. The number of nitrogens with zero attached hydrogens (tertiary/aromatic N) is 4. The van der Waals surface area contributed by atoms with Gasteiger partial charge in [0.1, 0.15) is 0 Å². The van der Waals surface area contributed by atoms with Crippen LogP contribution in [-0.4, -0.2) is 61.4 Å². The first-order valence-corrected chi connectivity index (χ1v) is 16.5. The Kier molecular flexibility index (Phi) is 8.13. The number of amides is 1. The maximum absolute atomic E-state index is 14.5. The van der Waals surface area contributed by atoms with Gasteiger partial charge in [-0.1, -0.05) is 29.8 Å². The molecular formula is C35H34F3N5O3S. The number of aryl methyl sites for hydroxylation is 1. The number of carbonyl (C=O) groups is 1. The molecule has 1 aliphatic heterocycles. The van der Waals surface area contributed by atoms with Gasteiger partial charge in [0.05, 0.1) is 10.5 Å². The highest BCUT2D eigenvalue weighted by atomic mass is 32.2. The summed E-state index contributed by atoms with van der Waals surface area (Å²) in [5, 5.41) is 0.421. The topological polar surface area (TPSA) is 102 Å². The van der Waals surface area contributed by atoms with E-state index in [1.807, 2.05) is 14.0 Å². The smallest absolute Gasteiger partial charge is 0.368 e. The summed E-state index contributed by atoms with van der Waals surface area (Å²) in [5.41, 5.74) is 9.45. The van der Waals surface area contributed by atoms with Crippen molar-refractivity contribution < 1.29 is 26.4 Å². The van der Waals surface area contributed by atoms with Crippen LogP contribution in [0.15, 0.2) is 78.0 Å². The Balaban J connectivity index is 1.56. The number of carbonyl (C=O) groups excluding carboxylic acids is 1. The van der Waals surface area contributed by atoms with Crippen molar-refractivity contribution in [1.82, 2.24) is 13.9 Å². The van der Waals surface area contributed by atoms with Gasteiger partial charge in [0.25, 0.3) is 10.0 Å². The predicted octanol–water partition coefficient (Wildman–Crippen LogP) is 6.40. The highest BCUT2D eigenvalue weighted by molar-refractivity contribution is 7.90. The molecule has 47 heavy (non-hydrogen) atoms. The van der Waals surface area contributed by atoms with E-state index in [4.69, 9.17) is 5.73 Å². The lowest BCUT2D eigenvalue weighted by Crippen LogP contribution is -2.45. The molecule has 0 atom stereocenters. The van der Waals surface area contributed by atoms with E-state index in [0.717, 1.165) is 15.6 Å². The maximum atomic E-state index is 14.5. The highest BCUT2D eigenvalue weighted by Crippen LogP contribution is 2.41. The van der Waals surface area contributed by atoms with Crippen LogP contribution in [0.3, 0.4) is 0 Å². The monoisotopic (exact) mass is 661 g/mol. The zero-order chi connectivity index (χ0) is 33.8. The fourth-order valence-electron chi connectivity index (χ4n) is 6.10. The third-order valence-corrected chi connectivity index (χ3v) is 10.7. The molecule has 0 spiro atoms. The third-order valence-electron chi connectivity index (χ3n) is 9.01. The SMILES string of the molecule is Cc1ccc(S(=O)(=O)n2cc(-c3ccc(C(N)=O)c(C)c3C)c3cc(-c4ccc(N5CCN(C)CC5)c(C(F)(F)F)c4)cnc32)cc1. The van der Waals surface area contributed by atoms with Gasteiger partial charge in [-0.05, 0) is 86.5 Å². The fourth-order valence-corrected chi connectivity index (χ4v) is 7.43. The predicted molar refractivity (Wildman–Crippen MR) is 177 cm³/mol.